The van der Waals surface area contributed by atoms with Crippen LogP contribution in [-0.4, -0.2) is 5.84 Å². The summed E-state index contributed by atoms with van der Waals surface area (Å²) in [6.07, 6.45) is 0. The Morgan fingerprint density at radius 1 is 1.00 bits per heavy atom. The highest BCUT2D eigenvalue weighted by Gasteiger charge is 2.18. The molecule has 0 saturated heterocycles. The predicted octanol–water partition coefficient (Wildman–Crippen LogP) is 4.08. The van der Waals surface area contributed by atoms with Crippen molar-refractivity contribution in [2.24, 2.45) is 5.73 Å². The zero-order valence-electron chi connectivity index (χ0n) is 10.2. The lowest BCUT2D eigenvalue weighted by atomic mass is 10.2. The Kier molecular flexibility index (Phi) is 4.17. The molecule has 110 valence electrons. The van der Waals surface area contributed by atoms with Gasteiger partial charge in [-0.3, -0.25) is 5.41 Å². The Bertz CT molecular complexity index is 713. The number of benzene rings is 2. The predicted molar refractivity (Wildman–Crippen MR) is 71.5 cm³/mol. The number of hydrogen-bond donors (Lipinski definition) is 2. The first-order valence-corrected chi connectivity index (χ1v) is 6.24. The van der Waals surface area contributed by atoms with Gasteiger partial charge in [0.25, 0.3) is 0 Å². The van der Waals surface area contributed by atoms with Crippen molar-refractivity contribution in [1.82, 2.24) is 0 Å². The fourth-order valence-electron chi connectivity index (χ4n) is 1.53. The molecule has 0 unspecified atom stereocenters. The highest BCUT2D eigenvalue weighted by molar-refractivity contribution is 9.10. The summed E-state index contributed by atoms with van der Waals surface area (Å²) in [5.74, 6) is -7.15. The van der Waals surface area contributed by atoms with E-state index in [0.717, 1.165) is 24.3 Å². The van der Waals surface area contributed by atoms with E-state index in [1.54, 1.807) is 0 Å². The molecule has 0 radical (unpaired) electrons. The second-order valence-corrected chi connectivity index (χ2v) is 4.90. The summed E-state index contributed by atoms with van der Waals surface area (Å²) in [6.45, 7) is 0. The molecule has 21 heavy (non-hydrogen) atoms. The van der Waals surface area contributed by atoms with Crippen LogP contribution in [0.5, 0.6) is 11.5 Å². The van der Waals surface area contributed by atoms with E-state index in [1.165, 1.54) is 0 Å². The van der Waals surface area contributed by atoms with Gasteiger partial charge in [-0.1, -0.05) is 15.9 Å². The lowest BCUT2D eigenvalue weighted by Gasteiger charge is -2.11. The molecule has 0 amide bonds. The summed E-state index contributed by atoms with van der Waals surface area (Å²) in [7, 11) is 0. The molecule has 3 nitrogen and oxygen atoms in total. The number of nitrogen functional groups attached to an aromatic ring is 1. The van der Waals surface area contributed by atoms with E-state index in [-0.39, 0.29) is 10.0 Å². The van der Waals surface area contributed by atoms with E-state index in [0.29, 0.717) is 0 Å². The van der Waals surface area contributed by atoms with Crippen LogP contribution in [0.25, 0.3) is 0 Å². The molecule has 0 heterocycles. The van der Waals surface area contributed by atoms with E-state index >= 15 is 0 Å². The third kappa shape index (κ3) is 3.15. The van der Waals surface area contributed by atoms with E-state index in [4.69, 9.17) is 15.9 Å². The van der Waals surface area contributed by atoms with Crippen LogP contribution in [0.2, 0.25) is 0 Å². The van der Waals surface area contributed by atoms with E-state index in [2.05, 4.69) is 15.9 Å². The smallest absolute Gasteiger partial charge is 0.201 e. The van der Waals surface area contributed by atoms with Crippen LogP contribution in [0.4, 0.5) is 17.6 Å². The second kappa shape index (κ2) is 5.72. The van der Waals surface area contributed by atoms with E-state index in [1.807, 2.05) is 0 Å². The number of halogens is 5. The van der Waals surface area contributed by atoms with Crippen LogP contribution in [0.1, 0.15) is 5.56 Å². The average Bonchev–Trinajstić information content (AvgIpc) is 2.38. The van der Waals surface area contributed by atoms with Crippen molar-refractivity contribution in [3.63, 3.8) is 0 Å². The third-order valence-electron chi connectivity index (χ3n) is 2.48. The maximum atomic E-state index is 13.7. The Labute approximate surface area is 125 Å². The number of ether oxygens (including phenoxy) is 1. The van der Waals surface area contributed by atoms with Gasteiger partial charge < -0.3 is 10.5 Å². The van der Waals surface area contributed by atoms with E-state index in [9.17, 15) is 17.6 Å². The minimum absolute atomic E-state index is 0.137. The molecule has 0 aliphatic carbocycles. The zero-order chi connectivity index (χ0) is 15.7. The van der Waals surface area contributed by atoms with Gasteiger partial charge in [0.1, 0.15) is 5.84 Å². The largest absolute Gasteiger partial charge is 0.448 e. The normalized spacial score (nSPS) is 10.5. The zero-order valence-corrected chi connectivity index (χ0v) is 11.8. The summed E-state index contributed by atoms with van der Waals surface area (Å²) < 4.78 is 59.1. The Hall–Kier alpha value is -2.09. The molecule has 0 bridgehead atoms. The summed E-state index contributed by atoms with van der Waals surface area (Å²) in [5.41, 5.74) is 4.92. The topological polar surface area (TPSA) is 59.1 Å². The monoisotopic (exact) mass is 362 g/mol. The van der Waals surface area contributed by atoms with Gasteiger partial charge in [-0.2, -0.15) is 4.39 Å². The Morgan fingerprint density at radius 2 is 1.57 bits per heavy atom. The number of amidine groups is 1. The molecule has 0 spiro atoms. The Morgan fingerprint density at radius 3 is 2.10 bits per heavy atom. The molecule has 8 heteroatoms. The minimum atomic E-state index is -1.38. The SMILES string of the molecule is N=C(N)c1cc(F)c(Oc2cc(Br)cc(F)c2F)c(F)c1. The molecule has 0 saturated carbocycles. The number of rotatable bonds is 3. The average molecular weight is 363 g/mol. The van der Waals surface area contributed by atoms with Crippen molar-refractivity contribution in [3.05, 3.63) is 57.6 Å². The molecule has 0 aliphatic rings. The molecule has 2 rings (SSSR count). The first kappa shape index (κ1) is 15.3. The lowest BCUT2D eigenvalue weighted by Crippen LogP contribution is -2.12. The van der Waals surface area contributed by atoms with Crippen molar-refractivity contribution in [1.29, 1.82) is 5.41 Å². The second-order valence-electron chi connectivity index (χ2n) is 3.98. The van der Waals surface area contributed by atoms with Crippen molar-refractivity contribution < 1.29 is 22.3 Å². The minimum Gasteiger partial charge on any atom is -0.448 e. The van der Waals surface area contributed by atoms with Crippen LogP contribution in [0, 0.1) is 28.7 Å². The lowest BCUT2D eigenvalue weighted by molar-refractivity contribution is 0.375. The standard InChI is InChI=1S/C13H7BrF4N2O/c14-6-3-7(15)11(18)10(4-6)21-12-8(16)1-5(13(19)20)2-9(12)17/h1-4H,(H3,19,20). The van der Waals surface area contributed by atoms with Crippen molar-refractivity contribution >= 4 is 21.8 Å². The van der Waals surface area contributed by atoms with Gasteiger partial charge in [0.05, 0.1) is 0 Å². The Balaban J connectivity index is 2.48. The molecule has 3 N–H and O–H groups in total. The van der Waals surface area contributed by atoms with Gasteiger partial charge >= 0.3 is 0 Å². The number of nitrogens with two attached hydrogens (primary N) is 1. The van der Waals surface area contributed by atoms with Gasteiger partial charge in [-0.05, 0) is 24.3 Å². The van der Waals surface area contributed by atoms with Gasteiger partial charge in [0.2, 0.25) is 5.82 Å². The van der Waals surface area contributed by atoms with Gasteiger partial charge in [-0.25, -0.2) is 13.2 Å². The fraction of sp³-hybridized carbons (Fsp3) is 0. The molecule has 2 aromatic carbocycles. The summed E-state index contributed by atoms with van der Waals surface area (Å²) in [4.78, 5) is 0. The molecular weight excluding hydrogens is 356 g/mol. The van der Waals surface area contributed by atoms with Crippen LogP contribution >= 0.6 is 15.9 Å². The highest BCUT2D eigenvalue weighted by atomic mass is 79.9. The van der Waals surface area contributed by atoms with Crippen LogP contribution in [0.15, 0.2) is 28.7 Å². The molecule has 0 fully saturated rings. The van der Waals surface area contributed by atoms with Crippen LogP contribution in [0.3, 0.4) is 0 Å². The first-order chi connectivity index (χ1) is 9.79. The number of hydrogen-bond acceptors (Lipinski definition) is 2. The quantitative estimate of drug-likeness (QED) is 0.374. The summed E-state index contributed by atoms with van der Waals surface area (Å²) in [5, 5.41) is 7.10. The molecule has 0 aliphatic heterocycles. The van der Waals surface area contributed by atoms with Crippen LogP contribution in [-0.2, 0) is 0 Å². The summed E-state index contributed by atoms with van der Waals surface area (Å²) in [6, 6.07) is 3.38. The maximum Gasteiger partial charge on any atom is 0.201 e. The van der Waals surface area contributed by atoms with Gasteiger partial charge in [0, 0.05) is 10.0 Å². The molecule has 0 aromatic heterocycles. The molecular formula is C13H7BrF4N2O. The van der Waals surface area contributed by atoms with Crippen molar-refractivity contribution in [2.45, 2.75) is 0 Å². The highest BCUT2D eigenvalue weighted by Crippen LogP contribution is 2.33. The fourth-order valence-corrected chi connectivity index (χ4v) is 1.94. The van der Waals surface area contributed by atoms with Crippen molar-refractivity contribution in [3.8, 4) is 11.5 Å². The number of nitrogens with one attached hydrogen (secondary N) is 1. The first-order valence-electron chi connectivity index (χ1n) is 5.45. The molecule has 0 atom stereocenters. The summed E-state index contributed by atoms with van der Waals surface area (Å²) >= 11 is 2.91. The molecule has 2 aromatic rings. The van der Waals surface area contributed by atoms with Gasteiger partial charge in [-0.15, -0.1) is 0 Å². The van der Waals surface area contributed by atoms with E-state index < -0.39 is 40.6 Å². The third-order valence-corrected chi connectivity index (χ3v) is 2.94. The maximum absolute atomic E-state index is 13.7. The van der Waals surface area contributed by atoms with Crippen molar-refractivity contribution in [2.75, 3.05) is 0 Å². The van der Waals surface area contributed by atoms with Crippen LogP contribution < -0.4 is 10.5 Å². The van der Waals surface area contributed by atoms with Gasteiger partial charge in [0.15, 0.2) is 29.0 Å².